The first-order chi connectivity index (χ1) is 9.88. The molecule has 0 bridgehead atoms. The lowest BCUT2D eigenvalue weighted by Crippen LogP contribution is -2.44. The highest BCUT2D eigenvalue weighted by Gasteiger charge is 2.13. The summed E-state index contributed by atoms with van der Waals surface area (Å²) in [6, 6.07) is 11.1. The minimum atomic E-state index is 0.608. The SMILES string of the molecule is CN=C(NCCSc1ccccc1)NC1CCCCC1. The lowest BCUT2D eigenvalue weighted by atomic mass is 9.96. The number of aliphatic imine (C=N–C) groups is 1. The molecular formula is C16H25N3S. The zero-order valence-electron chi connectivity index (χ0n) is 12.3. The molecule has 0 spiro atoms. The molecule has 2 rings (SSSR count). The summed E-state index contributed by atoms with van der Waals surface area (Å²) in [6.07, 6.45) is 6.63. The van der Waals surface area contributed by atoms with Crippen molar-refractivity contribution in [3.05, 3.63) is 30.3 Å². The van der Waals surface area contributed by atoms with Crippen LogP contribution in [-0.2, 0) is 0 Å². The van der Waals surface area contributed by atoms with E-state index in [1.54, 1.807) is 0 Å². The van der Waals surface area contributed by atoms with Gasteiger partial charge in [0.25, 0.3) is 0 Å². The average Bonchev–Trinajstić information content (AvgIpc) is 2.52. The summed E-state index contributed by atoms with van der Waals surface area (Å²) in [5.41, 5.74) is 0. The van der Waals surface area contributed by atoms with E-state index >= 15 is 0 Å². The molecule has 2 N–H and O–H groups in total. The van der Waals surface area contributed by atoms with Gasteiger partial charge in [-0.05, 0) is 25.0 Å². The molecule has 0 radical (unpaired) electrons. The minimum Gasteiger partial charge on any atom is -0.356 e. The summed E-state index contributed by atoms with van der Waals surface area (Å²) in [7, 11) is 1.85. The van der Waals surface area contributed by atoms with Gasteiger partial charge in [0.15, 0.2) is 5.96 Å². The van der Waals surface area contributed by atoms with Gasteiger partial charge in [-0.1, -0.05) is 37.5 Å². The standard InChI is InChI=1S/C16H25N3S/c1-17-16(19-14-8-4-2-5-9-14)18-12-13-20-15-10-6-3-7-11-15/h3,6-7,10-11,14H,2,4-5,8-9,12-13H2,1H3,(H2,17,18,19). The van der Waals surface area contributed by atoms with Crippen LogP contribution in [0, 0.1) is 0 Å². The number of hydrogen-bond donors (Lipinski definition) is 2. The summed E-state index contributed by atoms with van der Waals surface area (Å²) >= 11 is 1.87. The van der Waals surface area contributed by atoms with E-state index in [4.69, 9.17) is 0 Å². The average molecular weight is 291 g/mol. The van der Waals surface area contributed by atoms with Crippen molar-refractivity contribution in [3.8, 4) is 0 Å². The van der Waals surface area contributed by atoms with Crippen LogP contribution in [0.5, 0.6) is 0 Å². The highest BCUT2D eigenvalue weighted by atomic mass is 32.2. The number of guanidine groups is 1. The monoisotopic (exact) mass is 291 g/mol. The van der Waals surface area contributed by atoms with Crippen LogP contribution in [0.3, 0.4) is 0 Å². The summed E-state index contributed by atoms with van der Waals surface area (Å²) < 4.78 is 0. The molecule has 1 saturated carbocycles. The molecule has 110 valence electrons. The van der Waals surface area contributed by atoms with E-state index in [0.29, 0.717) is 6.04 Å². The van der Waals surface area contributed by atoms with Crippen molar-refractivity contribution in [1.29, 1.82) is 0 Å². The molecule has 1 aliphatic rings. The van der Waals surface area contributed by atoms with Gasteiger partial charge in [0.05, 0.1) is 0 Å². The van der Waals surface area contributed by atoms with Crippen LogP contribution in [0.15, 0.2) is 40.2 Å². The van der Waals surface area contributed by atoms with Gasteiger partial charge >= 0.3 is 0 Å². The van der Waals surface area contributed by atoms with Crippen LogP contribution >= 0.6 is 11.8 Å². The van der Waals surface area contributed by atoms with Crippen molar-refractivity contribution in [1.82, 2.24) is 10.6 Å². The first-order valence-electron chi connectivity index (χ1n) is 7.53. The first kappa shape index (κ1) is 15.2. The maximum absolute atomic E-state index is 4.31. The summed E-state index contributed by atoms with van der Waals surface area (Å²) in [6.45, 7) is 0.936. The van der Waals surface area contributed by atoms with Gasteiger partial charge in [-0.2, -0.15) is 0 Å². The smallest absolute Gasteiger partial charge is 0.191 e. The van der Waals surface area contributed by atoms with E-state index < -0.39 is 0 Å². The number of benzene rings is 1. The number of rotatable bonds is 5. The Morgan fingerprint density at radius 1 is 1.20 bits per heavy atom. The van der Waals surface area contributed by atoms with Crippen LogP contribution in [0.25, 0.3) is 0 Å². The van der Waals surface area contributed by atoms with Crippen molar-refractivity contribution in [3.63, 3.8) is 0 Å². The molecule has 3 nitrogen and oxygen atoms in total. The Morgan fingerprint density at radius 2 is 1.95 bits per heavy atom. The van der Waals surface area contributed by atoms with Gasteiger partial charge in [0, 0.05) is 30.3 Å². The van der Waals surface area contributed by atoms with Crippen LogP contribution < -0.4 is 10.6 Å². The molecule has 0 amide bonds. The highest BCUT2D eigenvalue weighted by Crippen LogP contribution is 2.17. The van der Waals surface area contributed by atoms with Crippen molar-refractivity contribution in [2.45, 2.75) is 43.0 Å². The Hall–Kier alpha value is -1.16. The molecule has 0 atom stereocenters. The molecule has 1 fully saturated rings. The van der Waals surface area contributed by atoms with E-state index in [1.807, 2.05) is 18.8 Å². The zero-order chi connectivity index (χ0) is 14.0. The lowest BCUT2D eigenvalue weighted by molar-refractivity contribution is 0.410. The second-order valence-corrected chi connectivity index (χ2v) is 6.31. The first-order valence-corrected chi connectivity index (χ1v) is 8.52. The topological polar surface area (TPSA) is 36.4 Å². The molecule has 1 aliphatic carbocycles. The minimum absolute atomic E-state index is 0.608. The second kappa shape index (κ2) is 8.90. The van der Waals surface area contributed by atoms with Crippen molar-refractivity contribution < 1.29 is 0 Å². The molecule has 20 heavy (non-hydrogen) atoms. The normalized spacial score (nSPS) is 16.9. The van der Waals surface area contributed by atoms with Gasteiger partial charge < -0.3 is 10.6 Å². The van der Waals surface area contributed by atoms with Gasteiger partial charge in [-0.15, -0.1) is 11.8 Å². The Morgan fingerprint density at radius 3 is 2.65 bits per heavy atom. The molecule has 0 aliphatic heterocycles. The predicted octanol–water partition coefficient (Wildman–Crippen LogP) is 3.28. The molecule has 0 unspecified atom stereocenters. The van der Waals surface area contributed by atoms with E-state index in [1.165, 1.54) is 37.0 Å². The summed E-state index contributed by atoms with van der Waals surface area (Å²) in [4.78, 5) is 5.64. The van der Waals surface area contributed by atoms with E-state index in [2.05, 4.69) is 46.0 Å². The van der Waals surface area contributed by atoms with Gasteiger partial charge in [0.1, 0.15) is 0 Å². The van der Waals surface area contributed by atoms with Crippen LogP contribution in [-0.4, -0.2) is 31.3 Å². The third kappa shape index (κ3) is 5.45. The molecule has 0 heterocycles. The fraction of sp³-hybridized carbons (Fsp3) is 0.562. The van der Waals surface area contributed by atoms with E-state index in [-0.39, 0.29) is 0 Å². The third-order valence-electron chi connectivity index (χ3n) is 3.58. The van der Waals surface area contributed by atoms with Crippen LogP contribution in [0.1, 0.15) is 32.1 Å². The quantitative estimate of drug-likeness (QED) is 0.378. The third-order valence-corrected chi connectivity index (χ3v) is 4.59. The number of nitrogens with zero attached hydrogens (tertiary/aromatic N) is 1. The Bertz CT molecular complexity index is 399. The largest absolute Gasteiger partial charge is 0.356 e. The molecule has 4 heteroatoms. The van der Waals surface area contributed by atoms with Crippen molar-refractivity contribution >= 4 is 17.7 Å². The highest BCUT2D eigenvalue weighted by molar-refractivity contribution is 7.99. The van der Waals surface area contributed by atoms with Gasteiger partial charge in [0.2, 0.25) is 0 Å². The fourth-order valence-corrected chi connectivity index (χ4v) is 3.28. The second-order valence-electron chi connectivity index (χ2n) is 5.14. The Labute approximate surface area is 126 Å². The number of thioether (sulfide) groups is 1. The fourth-order valence-electron chi connectivity index (χ4n) is 2.49. The van der Waals surface area contributed by atoms with Crippen molar-refractivity contribution in [2.75, 3.05) is 19.3 Å². The van der Waals surface area contributed by atoms with Crippen LogP contribution in [0.4, 0.5) is 0 Å². The van der Waals surface area contributed by atoms with Crippen LogP contribution in [0.2, 0.25) is 0 Å². The maximum atomic E-state index is 4.31. The molecule has 0 saturated heterocycles. The lowest BCUT2D eigenvalue weighted by Gasteiger charge is -2.24. The predicted molar refractivity (Wildman–Crippen MR) is 88.5 cm³/mol. The Balaban J connectivity index is 1.63. The van der Waals surface area contributed by atoms with E-state index in [0.717, 1.165) is 18.3 Å². The van der Waals surface area contributed by atoms with Gasteiger partial charge in [-0.3, -0.25) is 4.99 Å². The molecule has 1 aromatic carbocycles. The van der Waals surface area contributed by atoms with Crippen molar-refractivity contribution in [2.24, 2.45) is 4.99 Å². The number of hydrogen-bond acceptors (Lipinski definition) is 2. The molecule has 0 aromatic heterocycles. The summed E-state index contributed by atoms with van der Waals surface area (Å²) in [5, 5.41) is 6.94. The zero-order valence-corrected chi connectivity index (χ0v) is 13.1. The number of nitrogens with one attached hydrogen (secondary N) is 2. The molecular weight excluding hydrogens is 266 g/mol. The Kier molecular flexibility index (Phi) is 6.78. The van der Waals surface area contributed by atoms with Gasteiger partial charge in [-0.25, -0.2) is 0 Å². The summed E-state index contributed by atoms with van der Waals surface area (Å²) in [5.74, 6) is 2.00. The van der Waals surface area contributed by atoms with E-state index in [9.17, 15) is 0 Å². The maximum Gasteiger partial charge on any atom is 0.191 e. The molecule has 1 aromatic rings.